The Morgan fingerprint density at radius 1 is 1.16 bits per heavy atom. The molecule has 0 atom stereocenters. The van der Waals surface area contributed by atoms with Crippen LogP contribution in [-0.4, -0.2) is 25.5 Å². The van der Waals surface area contributed by atoms with Crippen molar-refractivity contribution >= 4 is 17.8 Å². The minimum atomic E-state index is -0.222. The lowest BCUT2D eigenvalue weighted by molar-refractivity contribution is -0.115. The van der Waals surface area contributed by atoms with Gasteiger partial charge in [-0.1, -0.05) is 31.2 Å². The van der Waals surface area contributed by atoms with Gasteiger partial charge in [-0.05, 0) is 47.9 Å². The van der Waals surface area contributed by atoms with Crippen LogP contribution in [0.5, 0.6) is 11.5 Å². The molecule has 0 aliphatic carbocycles. The summed E-state index contributed by atoms with van der Waals surface area (Å²) in [6.07, 6.45) is 2.62. The van der Waals surface area contributed by atoms with Crippen molar-refractivity contribution in [3.05, 3.63) is 65.4 Å². The van der Waals surface area contributed by atoms with Crippen molar-refractivity contribution in [1.29, 1.82) is 0 Å². The normalized spacial score (nSPS) is 15.0. The maximum absolute atomic E-state index is 12.1. The van der Waals surface area contributed by atoms with E-state index in [0.29, 0.717) is 11.5 Å². The van der Waals surface area contributed by atoms with E-state index in [1.54, 1.807) is 13.2 Å². The molecule has 25 heavy (non-hydrogen) atoms. The molecule has 0 unspecified atom stereocenters. The second-order valence-corrected chi connectivity index (χ2v) is 5.57. The van der Waals surface area contributed by atoms with E-state index in [4.69, 9.17) is 9.47 Å². The first-order valence-electron chi connectivity index (χ1n) is 8.15. The van der Waals surface area contributed by atoms with Crippen molar-refractivity contribution in [2.45, 2.75) is 13.3 Å². The van der Waals surface area contributed by atoms with Crippen LogP contribution in [0.3, 0.4) is 0 Å². The lowest BCUT2D eigenvalue weighted by atomic mass is 10.1. The molecule has 1 heterocycles. The van der Waals surface area contributed by atoms with E-state index in [-0.39, 0.29) is 12.5 Å². The lowest BCUT2D eigenvalue weighted by Crippen LogP contribution is -2.28. The number of hydrogen-bond acceptors (Lipinski definition) is 4. The molecule has 3 rings (SSSR count). The minimum Gasteiger partial charge on any atom is -0.496 e. The predicted molar refractivity (Wildman–Crippen MR) is 97.9 cm³/mol. The largest absolute Gasteiger partial charge is 0.496 e. The highest BCUT2D eigenvalue weighted by molar-refractivity contribution is 6.14. The molecule has 0 radical (unpaired) electrons. The van der Waals surface area contributed by atoms with Gasteiger partial charge in [-0.3, -0.25) is 4.79 Å². The number of para-hydroxylation sites is 1. The Hall–Kier alpha value is -3.08. The topological polar surface area (TPSA) is 59.9 Å². The van der Waals surface area contributed by atoms with E-state index >= 15 is 0 Å². The number of nitrogens with zero attached hydrogens (tertiary/aromatic N) is 1. The van der Waals surface area contributed by atoms with Gasteiger partial charge in [-0.15, -0.1) is 0 Å². The number of amidine groups is 1. The molecule has 0 saturated carbocycles. The van der Waals surface area contributed by atoms with Crippen LogP contribution in [-0.2, 0) is 11.2 Å². The Morgan fingerprint density at radius 3 is 2.68 bits per heavy atom. The fourth-order valence-corrected chi connectivity index (χ4v) is 2.58. The average molecular weight is 336 g/mol. The van der Waals surface area contributed by atoms with Gasteiger partial charge in [0.25, 0.3) is 5.91 Å². The van der Waals surface area contributed by atoms with E-state index < -0.39 is 0 Å². The Morgan fingerprint density at radius 2 is 1.96 bits per heavy atom. The summed E-state index contributed by atoms with van der Waals surface area (Å²) in [4.78, 5) is 16.4. The van der Waals surface area contributed by atoms with E-state index in [1.165, 1.54) is 0 Å². The van der Waals surface area contributed by atoms with Gasteiger partial charge in [-0.2, -0.15) is 0 Å². The zero-order chi connectivity index (χ0) is 17.6. The van der Waals surface area contributed by atoms with Crippen molar-refractivity contribution in [1.82, 2.24) is 5.32 Å². The highest BCUT2D eigenvalue weighted by Crippen LogP contribution is 2.22. The highest BCUT2D eigenvalue weighted by Gasteiger charge is 2.20. The summed E-state index contributed by atoms with van der Waals surface area (Å²) in [7, 11) is 1.65. The number of aryl methyl sites for hydroxylation is 1. The molecule has 1 N–H and O–H groups in total. The predicted octanol–water partition coefficient (Wildman–Crippen LogP) is 3.21. The van der Waals surface area contributed by atoms with Gasteiger partial charge in [-0.25, -0.2) is 4.99 Å². The third-order valence-corrected chi connectivity index (χ3v) is 3.85. The maximum atomic E-state index is 12.1. The number of hydrogen-bond donors (Lipinski definition) is 1. The van der Waals surface area contributed by atoms with E-state index in [9.17, 15) is 4.79 Å². The first kappa shape index (κ1) is 16.8. The summed E-state index contributed by atoms with van der Waals surface area (Å²) in [5, 5.41) is 2.74. The fraction of sp³-hybridized carbons (Fsp3) is 0.200. The molecule has 0 spiro atoms. The van der Waals surface area contributed by atoms with Gasteiger partial charge < -0.3 is 14.8 Å². The quantitative estimate of drug-likeness (QED) is 0.824. The number of ether oxygens (including phenoxy) is 2. The van der Waals surface area contributed by atoms with Crippen molar-refractivity contribution in [3.8, 4) is 11.5 Å². The zero-order valence-corrected chi connectivity index (χ0v) is 14.3. The van der Waals surface area contributed by atoms with E-state index in [0.717, 1.165) is 29.0 Å². The summed E-state index contributed by atoms with van der Waals surface area (Å²) >= 11 is 0. The number of amides is 1. The molecule has 0 saturated heterocycles. The van der Waals surface area contributed by atoms with Crippen LogP contribution in [0.2, 0.25) is 0 Å². The SMILES string of the molecule is CCc1cc(/C=C2/N=C(COc3ccccc3)NC2=O)ccc1OC. The number of aliphatic imine (C=N–C) groups is 1. The van der Waals surface area contributed by atoms with Crippen molar-refractivity contribution in [3.63, 3.8) is 0 Å². The Labute approximate surface area is 147 Å². The van der Waals surface area contributed by atoms with Crippen LogP contribution in [0.1, 0.15) is 18.1 Å². The van der Waals surface area contributed by atoms with Gasteiger partial charge in [0, 0.05) is 0 Å². The highest BCUT2D eigenvalue weighted by atomic mass is 16.5. The minimum absolute atomic E-state index is 0.218. The van der Waals surface area contributed by atoms with Crippen LogP contribution >= 0.6 is 0 Å². The second-order valence-electron chi connectivity index (χ2n) is 5.57. The van der Waals surface area contributed by atoms with Crippen LogP contribution in [0, 0.1) is 0 Å². The van der Waals surface area contributed by atoms with Crippen molar-refractivity contribution in [2.75, 3.05) is 13.7 Å². The molecule has 2 aromatic rings. The summed E-state index contributed by atoms with van der Waals surface area (Å²) in [6.45, 7) is 2.28. The lowest BCUT2D eigenvalue weighted by Gasteiger charge is -2.07. The molecule has 128 valence electrons. The average Bonchev–Trinajstić information content (AvgIpc) is 3.00. The fourth-order valence-electron chi connectivity index (χ4n) is 2.58. The Kier molecular flexibility index (Phi) is 5.14. The van der Waals surface area contributed by atoms with Gasteiger partial charge >= 0.3 is 0 Å². The zero-order valence-electron chi connectivity index (χ0n) is 14.3. The van der Waals surface area contributed by atoms with Crippen LogP contribution < -0.4 is 14.8 Å². The maximum Gasteiger partial charge on any atom is 0.275 e. The third kappa shape index (κ3) is 4.07. The summed E-state index contributed by atoms with van der Waals surface area (Å²) in [6, 6.07) is 15.2. The van der Waals surface area contributed by atoms with Gasteiger partial charge in [0.1, 0.15) is 29.6 Å². The standard InChI is InChI=1S/C20H20N2O3/c1-3-15-11-14(9-10-18(15)24-2)12-17-20(23)22-19(21-17)13-25-16-7-5-4-6-8-16/h4-12H,3,13H2,1-2H3,(H,21,22,23)/b17-12+. The van der Waals surface area contributed by atoms with Crippen LogP contribution in [0.15, 0.2) is 59.2 Å². The molecule has 0 fully saturated rings. The molecule has 0 aromatic heterocycles. The summed E-state index contributed by atoms with van der Waals surface area (Å²) in [5.74, 6) is 1.87. The second kappa shape index (κ2) is 7.66. The molecule has 1 aliphatic heterocycles. The van der Waals surface area contributed by atoms with Crippen LogP contribution in [0.25, 0.3) is 6.08 Å². The molecular weight excluding hydrogens is 316 g/mol. The number of rotatable bonds is 6. The molecule has 5 heteroatoms. The first-order valence-corrected chi connectivity index (χ1v) is 8.15. The van der Waals surface area contributed by atoms with Gasteiger partial charge in [0.05, 0.1) is 7.11 Å². The smallest absolute Gasteiger partial charge is 0.275 e. The van der Waals surface area contributed by atoms with Crippen molar-refractivity contribution < 1.29 is 14.3 Å². The van der Waals surface area contributed by atoms with E-state index in [2.05, 4.69) is 17.2 Å². The first-order chi connectivity index (χ1) is 12.2. The molecule has 5 nitrogen and oxygen atoms in total. The number of carbonyl (C=O) groups excluding carboxylic acids is 1. The molecule has 2 aromatic carbocycles. The Balaban J connectivity index is 1.74. The number of methoxy groups -OCH3 is 1. The molecule has 1 amide bonds. The monoisotopic (exact) mass is 336 g/mol. The van der Waals surface area contributed by atoms with Gasteiger partial charge in [0.2, 0.25) is 0 Å². The van der Waals surface area contributed by atoms with E-state index in [1.807, 2.05) is 48.5 Å². The van der Waals surface area contributed by atoms with Crippen LogP contribution in [0.4, 0.5) is 0 Å². The molecule has 0 bridgehead atoms. The summed E-state index contributed by atoms with van der Waals surface area (Å²) < 4.78 is 10.9. The Bertz CT molecular complexity index is 826. The molecular formula is C20H20N2O3. The summed E-state index contributed by atoms with van der Waals surface area (Å²) in [5.41, 5.74) is 2.38. The number of carbonyl (C=O) groups is 1. The number of nitrogens with one attached hydrogen (secondary N) is 1. The van der Waals surface area contributed by atoms with Crippen molar-refractivity contribution in [2.24, 2.45) is 4.99 Å². The third-order valence-electron chi connectivity index (χ3n) is 3.85. The molecule has 1 aliphatic rings. The van der Waals surface area contributed by atoms with Gasteiger partial charge in [0.15, 0.2) is 0 Å². The number of benzene rings is 2.